The molecule has 1 N–H and O–H groups in total. The normalized spacial score (nSPS) is 9.64. The van der Waals surface area contributed by atoms with Crippen LogP contribution in [-0.2, 0) is 0 Å². The molecule has 0 unspecified atom stereocenters. The molecule has 0 bridgehead atoms. The van der Waals surface area contributed by atoms with Crippen LogP contribution in [0.5, 0.6) is 5.75 Å². The smallest absolute Gasteiger partial charge is 0.163 e. The first kappa shape index (κ1) is 8.27. The van der Waals surface area contributed by atoms with Gasteiger partial charge in [-0.3, -0.25) is 4.79 Å². The van der Waals surface area contributed by atoms with Gasteiger partial charge in [0.2, 0.25) is 0 Å². The van der Waals surface area contributed by atoms with E-state index in [1.807, 2.05) is 0 Å². The Labute approximate surface area is 73.0 Å². The summed E-state index contributed by atoms with van der Waals surface area (Å²) in [5.41, 5.74) is 0.355. The molecule has 0 aliphatic carbocycles. The lowest BCUT2D eigenvalue weighted by atomic mass is 10.1. The van der Waals surface area contributed by atoms with Crippen molar-refractivity contribution < 1.29 is 9.90 Å². The minimum absolute atomic E-state index is 0.0203. The van der Waals surface area contributed by atoms with Gasteiger partial charge in [-0.2, -0.15) is 0 Å². The molecule has 1 aromatic rings. The van der Waals surface area contributed by atoms with Gasteiger partial charge >= 0.3 is 0 Å². The highest BCUT2D eigenvalue weighted by Crippen LogP contribution is 2.22. The van der Waals surface area contributed by atoms with E-state index in [-0.39, 0.29) is 11.5 Å². The Morgan fingerprint density at radius 1 is 1.55 bits per heavy atom. The maximum absolute atomic E-state index is 10.8. The van der Waals surface area contributed by atoms with E-state index in [0.29, 0.717) is 5.56 Å². The van der Waals surface area contributed by atoms with Gasteiger partial charge in [0.25, 0.3) is 0 Å². The molecule has 3 heteroatoms. The first-order valence-electron chi connectivity index (χ1n) is 3.10. The van der Waals surface area contributed by atoms with Crippen molar-refractivity contribution in [2.75, 3.05) is 0 Å². The number of ketones is 1. The third-order valence-corrected chi connectivity index (χ3v) is 1.83. The van der Waals surface area contributed by atoms with E-state index in [2.05, 4.69) is 15.9 Å². The maximum Gasteiger partial charge on any atom is 0.163 e. The van der Waals surface area contributed by atoms with Gasteiger partial charge in [-0.05, 0) is 25.1 Å². The van der Waals surface area contributed by atoms with Gasteiger partial charge in [0.05, 0.1) is 5.56 Å². The second-order valence-corrected chi connectivity index (χ2v) is 3.13. The van der Waals surface area contributed by atoms with Crippen LogP contribution in [0.4, 0.5) is 0 Å². The molecule has 58 valence electrons. The number of carbonyl (C=O) groups excluding carboxylic acids is 1. The van der Waals surface area contributed by atoms with Crippen LogP contribution in [-0.4, -0.2) is 10.9 Å². The van der Waals surface area contributed by atoms with Crippen molar-refractivity contribution in [1.82, 2.24) is 0 Å². The van der Waals surface area contributed by atoms with E-state index in [9.17, 15) is 9.90 Å². The van der Waals surface area contributed by atoms with Crippen LogP contribution in [0.25, 0.3) is 0 Å². The van der Waals surface area contributed by atoms with Crippen molar-refractivity contribution in [2.24, 2.45) is 0 Å². The van der Waals surface area contributed by atoms with Crippen molar-refractivity contribution in [3.63, 3.8) is 0 Å². The van der Waals surface area contributed by atoms with Crippen molar-refractivity contribution in [2.45, 2.75) is 6.92 Å². The fourth-order valence-corrected chi connectivity index (χ4v) is 1.15. The number of hydrogen-bond acceptors (Lipinski definition) is 2. The van der Waals surface area contributed by atoms with E-state index in [0.717, 1.165) is 4.47 Å². The molecule has 11 heavy (non-hydrogen) atoms. The number of carbonyl (C=O) groups is 1. The minimum Gasteiger partial charge on any atom is -0.507 e. The third-order valence-electron chi connectivity index (χ3n) is 1.34. The Morgan fingerprint density at radius 3 is 2.64 bits per heavy atom. The molecule has 0 atom stereocenters. The summed E-state index contributed by atoms with van der Waals surface area (Å²) in [6.07, 6.45) is 0. The van der Waals surface area contributed by atoms with Crippen LogP contribution in [0.2, 0.25) is 0 Å². The molecule has 1 rings (SSSR count). The lowest BCUT2D eigenvalue weighted by molar-refractivity contribution is 0.101. The molecular weight excluding hydrogens is 208 g/mol. The van der Waals surface area contributed by atoms with Crippen LogP contribution >= 0.6 is 15.9 Å². The zero-order valence-electron chi connectivity index (χ0n) is 5.97. The maximum atomic E-state index is 10.8. The molecule has 0 amide bonds. The molecule has 0 radical (unpaired) electrons. The fourth-order valence-electron chi connectivity index (χ4n) is 0.803. The average Bonchev–Trinajstić information content (AvgIpc) is 1.85. The van der Waals surface area contributed by atoms with Gasteiger partial charge in [-0.25, -0.2) is 0 Å². The second-order valence-electron chi connectivity index (χ2n) is 2.22. The van der Waals surface area contributed by atoms with Gasteiger partial charge in [0.15, 0.2) is 5.78 Å². The molecule has 0 aromatic heterocycles. The summed E-state index contributed by atoms with van der Waals surface area (Å²) in [5, 5.41) is 9.21. The lowest BCUT2D eigenvalue weighted by Crippen LogP contribution is -1.91. The van der Waals surface area contributed by atoms with Crippen LogP contribution in [0, 0.1) is 0 Å². The Morgan fingerprint density at radius 2 is 2.18 bits per heavy atom. The van der Waals surface area contributed by atoms with Gasteiger partial charge in [-0.15, -0.1) is 0 Å². The molecule has 0 heterocycles. The number of hydrogen-bond donors (Lipinski definition) is 1. The molecule has 0 saturated heterocycles. The highest BCUT2D eigenvalue weighted by atomic mass is 79.9. The SMILES string of the molecule is CC(=O)c1ccc(Br)cc1O. The molecule has 0 fully saturated rings. The van der Waals surface area contributed by atoms with E-state index in [1.54, 1.807) is 12.1 Å². The van der Waals surface area contributed by atoms with E-state index >= 15 is 0 Å². The van der Waals surface area contributed by atoms with Crippen molar-refractivity contribution in [3.05, 3.63) is 28.2 Å². The highest BCUT2D eigenvalue weighted by molar-refractivity contribution is 9.10. The first-order valence-corrected chi connectivity index (χ1v) is 3.90. The van der Waals surface area contributed by atoms with Crippen LogP contribution in [0.15, 0.2) is 22.7 Å². The largest absolute Gasteiger partial charge is 0.507 e. The van der Waals surface area contributed by atoms with Crippen LogP contribution in [0.1, 0.15) is 17.3 Å². The van der Waals surface area contributed by atoms with E-state index in [1.165, 1.54) is 13.0 Å². The molecule has 2 nitrogen and oxygen atoms in total. The number of aromatic hydroxyl groups is 1. The van der Waals surface area contributed by atoms with E-state index in [4.69, 9.17) is 0 Å². The van der Waals surface area contributed by atoms with Crippen LogP contribution < -0.4 is 0 Å². The average molecular weight is 215 g/mol. The van der Waals surface area contributed by atoms with Gasteiger partial charge in [-0.1, -0.05) is 15.9 Å². The number of halogens is 1. The molecule has 0 spiro atoms. The molecule has 0 saturated carbocycles. The summed E-state index contributed by atoms with van der Waals surface area (Å²) < 4.78 is 0.764. The van der Waals surface area contributed by atoms with Crippen molar-refractivity contribution in [3.8, 4) is 5.75 Å². The van der Waals surface area contributed by atoms with Gasteiger partial charge < -0.3 is 5.11 Å². The topological polar surface area (TPSA) is 37.3 Å². The van der Waals surface area contributed by atoms with Gasteiger partial charge in [0, 0.05) is 4.47 Å². The Kier molecular flexibility index (Phi) is 2.29. The number of Topliss-reactive ketones (excluding diaryl/α,β-unsaturated/α-hetero) is 1. The quantitative estimate of drug-likeness (QED) is 0.730. The standard InChI is InChI=1S/C8H7BrO2/c1-5(10)7-3-2-6(9)4-8(7)11/h2-4,11H,1H3. The highest BCUT2D eigenvalue weighted by Gasteiger charge is 2.04. The summed E-state index contributed by atoms with van der Waals surface area (Å²) in [4.78, 5) is 10.8. The zero-order valence-corrected chi connectivity index (χ0v) is 7.55. The van der Waals surface area contributed by atoms with Crippen LogP contribution in [0.3, 0.4) is 0 Å². The monoisotopic (exact) mass is 214 g/mol. The summed E-state index contributed by atoms with van der Waals surface area (Å²) in [7, 11) is 0. The Bertz CT molecular complexity index is 294. The molecule has 1 aromatic carbocycles. The predicted octanol–water partition coefficient (Wildman–Crippen LogP) is 2.36. The lowest BCUT2D eigenvalue weighted by Gasteiger charge is -1.99. The molecular formula is C8H7BrO2. The number of phenols is 1. The number of phenolic OH excluding ortho intramolecular Hbond substituents is 1. The predicted molar refractivity (Wildman–Crippen MR) is 45.8 cm³/mol. The molecule has 0 aliphatic heterocycles. The molecule has 0 aliphatic rings. The Hall–Kier alpha value is -0.830. The van der Waals surface area contributed by atoms with Gasteiger partial charge in [0.1, 0.15) is 5.75 Å². The Balaban J connectivity index is 3.20. The summed E-state index contributed by atoms with van der Waals surface area (Å²) in [6, 6.07) is 4.80. The summed E-state index contributed by atoms with van der Waals surface area (Å²) in [5.74, 6) is -0.109. The van der Waals surface area contributed by atoms with E-state index < -0.39 is 0 Å². The minimum atomic E-state index is -0.130. The second kappa shape index (κ2) is 3.05. The summed E-state index contributed by atoms with van der Waals surface area (Å²) in [6.45, 7) is 1.42. The number of rotatable bonds is 1. The van der Waals surface area contributed by atoms with Crippen molar-refractivity contribution in [1.29, 1.82) is 0 Å². The van der Waals surface area contributed by atoms with Crippen molar-refractivity contribution >= 4 is 21.7 Å². The summed E-state index contributed by atoms with van der Waals surface area (Å²) >= 11 is 3.17. The first-order chi connectivity index (χ1) is 5.11. The number of benzene rings is 1. The fraction of sp³-hybridized carbons (Fsp3) is 0.125. The third kappa shape index (κ3) is 1.80. The zero-order chi connectivity index (χ0) is 8.43.